The van der Waals surface area contributed by atoms with E-state index in [1.807, 2.05) is 6.92 Å². The van der Waals surface area contributed by atoms with Gasteiger partial charge < -0.3 is 20.4 Å². The molecule has 0 radical (unpaired) electrons. The molecule has 102 heavy (non-hydrogen) atoms. The Hall–Kier alpha value is -3.19. The summed E-state index contributed by atoms with van der Waals surface area (Å²) in [6, 6.07) is 0. The van der Waals surface area contributed by atoms with Gasteiger partial charge in [-0.3, -0.25) is 14.4 Å². The molecule has 0 amide bonds. The molecule has 15 aliphatic rings. The third-order valence-electron chi connectivity index (χ3n) is 41.4. The lowest BCUT2D eigenvalue weighted by Gasteiger charge is -2.72. The molecule has 15 fully saturated rings. The molecule has 0 aromatic carbocycles. The van der Waals surface area contributed by atoms with E-state index in [0.717, 1.165) is 122 Å². The average molecular weight is 1400 g/mol. The second kappa shape index (κ2) is 24.9. The van der Waals surface area contributed by atoms with Crippen LogP contribution in [-0.4, -0.2) is 44.4 Å². The Morgan fingerprint density at radius 2 is 0.578 bits per heavy atom. The first-order chi connectivity index (χ1) is 47.4. The molecular formula is C95H148O7. The van der Waals surface area contributed by atoms with Gasteiger partial charge in [0.2, 0.25) is 0 Å². The maximum absolute atomic E-state index is 13.2. The van der Waals surface area contributed by atoms with E-state index in [2.05, 4.69) is 150 Å². The molecule has 7 nitrogen and oxygen atoms in total. The lowest BCUT2D eigenvalue weighted by atomic mass is 9.32. The fourth-order valence-corrected chi connectivity index (χ4v) is 34.9. The van der Waals surface area contributed by atoms with Crippen LogP contribution in [0.15, 0.2) is 73.5 Å². The molecule has 15 aliphatic carbocycles. The maximum Gasteiger partial charge on any atom is 0.141 e. The van der Waals surface area contributed by atoms with Gasteiger partial charge in [-0.15, -0.1) is 0 Å². The number of ketones is 3. The highest BCUT2D eigenvalue weighted by Crippen LogP contribution is 2.83. The van der Waals surface area contributed by atoms with Gasteiger partial charge in [0.1, 0.15) is 17.3 Å². The predicted octanol–water partition coefficient (Wildman–Crippen LogP) is 24.6. The first-order valence-corrected chi connectivity index (χ1v) is 42.8. The van der Waals surface area contributed by atoms with Crippen LogP contribution in [0.25, 0.3) is 0 Å². The molecular weight excluding hydrogens is 1250 g/mol. The van der Waals surface area contributed by atoms with Crippen molar-refractivity contribution in [3.8, 4) is 0 Å². The quantitative estimate of drug-likeness (QED) is 0.134. The van der Waals surface area contributed by atoms with Crippen LogP contribution in [0.3, 0.4) is 0 Å². The second-order valence-electron chi connectivity index (χ2n) is 43.3. The molecule has 0 bridgehead atoms. The molecule has 15 rings (SSSR count). The van der Waals surface area contributed by atoms with E-state index >= 15 is 0 Å². The first kappa shape index (κ1) is 77.0. The fourth-order valence-electron chi connectivity index (χ4n) is 34.9. The van der Waals surface area contributed by atoms with Gasteiger partial charge in [-0.25, -0.2) is 0 Å². The van der Waals surface area contributed by atoms with E-state index in [1.165, 1.54) is 93.8 Å². The molecule has 0 heterocycles. The predicted molar refractivity (Wildman–Crippen MR) is 418 cm³/mol. The van der Waals surface area contributed by atoms with Gasteiger partial charge in [-0.2, -0.15) is 0 Å². The number of fused-ring (bicyclic) bond motifs is 21. The number of aliphatic hydroxyl groups excluding tert-OH is 4. The highest BCUT2D eigenvalue weighted by molar-refractivity contribution is 5.87. The summed E-state index contributed by atoms with van der Waals surface area (Å²) >= 11 is 0. The minimum atomic E-state index is -0.584. The summed E-state index contributed by atoms with van der Waals surface area (Å²) in [5, 5.41) is 43.2. The van der Waals surface area contributed by atoms with Crippen LogP contribution in [0.4, 0.5) is 0 Å². The number of rotatable bonds is 9. The summed E-state index contributed by atoms with van der Waals surface area (Å²) in [6.45, 7) is 66.9. The smallest absolute Gasteiger partial charge is 0.141 e. The molecule has 30 atom stereocenters. The molecule has 570 valence electrons. The van der Waals surface area contributed by atoms with E-state index in [-0.39, 0.29) is 83.3 Å². The molecule has 9 unspecified atom stereocenters. The lowest BCUT2D eigenvalue weighted by molar-refractivity contribution is -0.236. The Labute approximate surface area is 621 Å². The molecule has 0 aromatic heterocycles. The number of carbonyl (C=O) groups is 3. The Morgan fingerprint density at radius 1 is 0.324 bits per heavy atom. The monoisotopic (exact) mass is 1400 g/mol. The van der Waals surface area contributed by atoms with E-state index in [0.29, 0.717) is 129 Å². The summed E-state index contributed by atoms with van der Waals surface area (Å²) in [5.74, 6) is 10.7. The van der Waals surface area contributed by atoms with Crippen molar-refractivity contribution in [1.82, 2.24) is 0 Å². The van der Waals surface area contributed by atoms with Crippen LogP contribution >= 0.6 is 0 Å². The van der Waals surface area contributed by atoms with Gasteiger partial charge in [0.05, 0.1) is 29.3 Å². The molecule has 0 spiro atoms. The molecule has 0 aromatic rings. The zero-order chi connectivity index (χ0) is 74.7. The first-order valence-electron chi connectivity index (χ1n) is 42.8. The van der Waals surface area contributed by atoms with Crippen molar-refractivity contribution in [1.29, 1.82) is 0 Å². The third-order valence-corrected chi connectivity index (χ3v) is 41.4. The van der Waals surface area contributed by atoms with Crippen LogP contribution in [0.1, 0.15) is 323 Å². The van der Waals surface area contributed by atoms with Crippen LogP contribution in [0.5, 0.6) is 0 Å². The van der Waals surface area contributed by atoms with E-state index in [1.54, 1.807) is 0 Å². The van der Waals surface area contributed by atoms with Crippen LogP contribution in [-0.2, 0) is 14.4 Å². The number of carbonyl (C=O) groups excluding carboxylic acids is 3. The third kappa shape index (κ3) is 9.69. The highest BCUT2D eigenvalue weighted by Gasteiger charge is 2.76. The molecule has 4 N–H and O–H groups in total. The minimum Gasteiger partial charge on any atom is -0.512 e. The highest BCUT2D eigenvalue weighted by atomic mass is 16.3. The van der Waals surface area contributed by atoms with Crippen molar-refractivity contribution in [3.05, 3.63) is 73.5 Å². The Kier molecular flexibility index (Phi) is 18.8. The summed E-state index contributed by atoms with van der Waals surface area (Å²) in [4.78, 5) is 39.3. The zero-order valence-corrected chi connectivity index (χ0v) is 68.3. The van der Waals surface area contributed by atoms with Crippen molar-refractivity contribution >= 4 is 17.3 Å². The van der Waals surface area contributed by atoms with Crippen molar-refractivity contribution in [2.75, 3.05) is 6.61 Å². The molecule has 7 heteroatoms. The zero-order valence-electron chi connectivity index (χ0n) is 68.3. The van der Waals surface area contributed by atoms with Crippen molar-refractivity contribution < 1.29 is 34.8 Å². The number of aliphatic hydroxyl groups is 4. The number of allylic oxidation sites excluding steroid dienone is 6. The van der Waals surface area contributed by atoms with Gasteiger partial charge in [0.25, 0.3) is 0 Å². The minimum absolute atomic E-state index is 0.0150. The van der Waals surface area contributed by atoms with E-state index in [9.17, 15) is 34.8 Å². The number of hydrogen-bond acceptors (Lipinski definition) is 7. The van der Waals surface area contributed by atoms with Crippen LogP contribution in [0, 0.1) is 170 Å². The number of Topliss-reactive ketones (excluding diaryl/α,β-unsaturated/α-hetero) is 3. The normalized spacial score (nSPS) is 54.4. The SMILES string of the molecule is C=C(C)[C@@H]1CC[C@]2(C(=C)O)CC[C@]3(C)C(CCC4[C@@]5(C)CCC(=O)[C@@](C)(CC)[C@@H]5CC[C@]43C)C12.C=C(C)[C@@H]1CC[C@]2(C(=C)O)CC[C@]3(C)C(CCC4[C@@]5(C)CCC(=O)[C@@](C)(CC)[C@@H]5CC[C@]43C)C12.C=C(C)[C@@H]1CC[C@]2(C(=C)O)CC[C@]3(C)C(CCC4[C@@]5(C)CCC(=O)[C@@](C)(CO)[C@@H]5CC[C@]43C)C12. The summed E-state index contributed by atoms with van der Waals surface area (Å²) in [5.41, 5.74) is 4.88. The lowest BCUT2D eigenvalue weighted by Crippen LogP contribution is -2.67. The van der Waals surface area contributed by atoms with Crippen LogP contribution < -0.4 is 0 Å². The second-order valence-corrected chi connectivity index (χ2v) is 43.3. The van der Waals surface area contributed by atoms with E-state index in [4.69, 9.17) is 0 Å². The molecule has 0 saturated heterocycles. The van der Waals surface area contributed by atoms with Crippen molar-refractivity contribution in [2.45, 2.75) is 323 Å². The summed E-state index contributed by atoms with van der Waals surface area (Å²) in [6.07, 6.45) is 35.3. The molecule has 0 aliphatic heterocycles. The van der Waals surface area contributed by atoms with Crippen molar-refractivity contribution in [2.24, 2.45) is 170 Å². The topological polar surface area (TPSA) is 132 Å². The Bertz CT molecular complexity index is 3110. The van der Waals surface area contributed by atoms with Gasteiger partial charge in [-0.1, -0.05) is 153 Å². The van der Waals surface area contributed by atoms with Crippen LogP contribution in [0.2, 0.25) is 0 Å². The van der Waals surface area contributed by atoms with Crippen molar-refractivity contribution in [3.63, 3.8) is 0 Å². The fraction of sp³-hybridized carbons (Fsp3) is 0.842. The standard InChI is InChI=1S/2C32H50O2.C31H48O3/c2*1-9-28(5)24-13-16-31(8)25(29(24,6)15-14-26(28)34)11-10-23-27-22(20(2)3)12-17-32(27,21(4)33)19-18-30(23,31)7;1-19(2)21-10-15-31(20(3)33)17-16-29(6)22(26(21)31)8-9-24-27(4)13-12-25(34)28(5,18-32)23(27)11-14-30(24,29)7/h2*22-25,27,33H,2,4,9-19H2,1,3,5-8H3;21-24,26,32-33H,1,3,8-18H2,2,4-7H3/t2*22-,23?,24-,25?,27?,28-,29-,30+,31+,32+;21-,22?,23+,24?,26?,27-,28-,29+,30+,31+/m000/s1. The Balaban J connectivity index is 0.000000137. The van der Waals surface area contributed by atoms with Gasteiger partial charge in [0.15, 0.2) is 0 Å². The molecule has 15 saturated carbocycles. The van der Waals surface area contributed by atoms with E-state index < -0.39 is 5.41 Å². The Morgan fingerprint density at radius 3 is 0.814 bits per heavy atom. The van der Waals surface area contributed by atoms with Gasteiger partial charge >= 0.3 is 0 Å². The summed E-state index contributed by atoms with van der Waals surface area (Å²) < 4.78 is 0. The average Bonchev–Trinajstić information content (AvgIpc) is 1.19. The van der Waals surface area contributed by atoms with Gasteiger partial charge in [-0.05, 0) is 344 Å². The number of hydrogen-bond donors (Lipinski definition) is 4. The maximum atomic E-state index is 13.2. The summed E-state index contributed by atoms with van der Waals surface area (Å²) in [7, 11) is 0. The largest absolute Gasteiger partial charge is 0.512 e. The van der Waals surface area contributed by atoms with Gasteiger partial charge in [0, 0.05) is 46.3 Å².